The van der Waals surface area contributed by atoms with Crippen molar-refractivity contribution in [3.63, 3.8) is 0 Å². The highest BCUT2D eigenvalue weighted by atomic mass is 32.1. The summed E-state index contributed by atoms with van der Waals surface area (Å²) < 4.78 is 5.00. The molecule has 16 rings (SSSR count). The topological polar surface area (TPSA) is 11.4 Å². The van der Waals surface area contributed by atoms with Gasteiger partial charge in [-0.25, -0.2) is 0 Å². The minimum absolute atomic E-state index is 0.589. The zero-order valence-corrected chi connectivity index (χ0v) is 45.0. The third kappa shape index (κ3) is 7.49. The van der Waals surface area contributed by atoms with E-state index in [4.69, 9.17) is 0 Å². The fourth-order valence-corrected chi connectivity index (χ4v) is 14.4. The maximum atomic E-state index is 2.51. The van der Waals surface area contributed by atoms with Gasteiger partial charge in [-0.05, 0) is 141 Å². The Morgan fingerprint density at radius 3 is 1.54 bits per heavy atom. The molecule has 0 amide bonds. The summed E-state index contributed by atoms with van der Waals surface area (Å²) in [4.78, 5) is 4.92. The lowest BCUT2D eigenvalue weighted by atomic mass is 9.67. The normalized spacial score (nSPS) is 12.5. The fourth-order valence-electron chi connectivity index (χ4n) is 13.3. The van der Waals surface area contributed by atoms with Gasteiger partial charge in [0.1, 0.15) is 0 Å². The van der Waals surface area contributed by atoms with Gasteiger partial charge >= 0.3 is 0 Å². The number of benzene rings is 13. The van der Waals surface area contributed by atoms with Crippen LogP contribution >= 0.6 is 11.3 Å². The molecule has 0 bridgehead atoms. The molecule has 0 aliphatic heterocycles. The Morgan fingerprint density at radius 2 is 0.827 bits per heavy atom. The predicted octanol–water partition coefficient (Wildman–Crippen LogP) is 21.3. The lowest BCUT2D eigenvalue weighted by molar-refractivity contribution is 0.768. The highest BCUT2D eigenvalue weighted by molar-refractivity contribution is 7.25. The van der Waals surface area contributed by atoms with Crippen LogP contribution in [0, 0.1) is 0 Å². The van der Waals surface area contributed by atoms with Crippen LogP contribution in [0.25, 0.3) is 80.7 Å². The second-order valence-corrected chi connectivity index (χ2v) is 22.3. The van der Waals surface area contributed by atoms with Gasteiger partial charge < -0.3 is 14.4 Å². The highest BCUT2D eigenvalue weighted by Crippen LogP contribution is 2.58. The van der Waals surface area contributed by atoms with Gasteiger partial charge in [0.05, 0.1) is 16.4 Å². The van der Waals surface area contributed by atoms with E-state index in [1.165, 1.54) is 80.6 Å². The number of aromatic nitrogens is 1. The molecule has 380 valence electrons. The van der Waals surface area contributed by atoms with E-state index in [0.717, 1.165) is 56.5 Å². The molecule has 15 aromatic rings. The van der Waals surface area contributed by atoms with Crippen LogP contribution in [-0.4, -0.2) is 4.57 Å². The Balaban J connectivity index is 0.994. The summed E-state index contributed by atoms with van der Waals surface area (Å²) in [5.74, 6) is 0. The smallest absolute Gasteiger partial charge is 0.0714 e. The van der Waals surface area contributed by atoms with E-state index >= 15 is 0 Å². The molecule has 4 heteroatoms. The SMILES string of the molecule is c1ccc(N(c2ccccc2)c2cc(-c3ccc4c5ccc6ccccc6c5n(-c5ccccc5)c4c3)cc(N(c3ccc4c(c3)C(c3ccccc3)(c3ccccc3)c3ccccc3-4)c3ccc4c(c3)sc3ccccc34)c2)cc1. The van der Waals surface area contributed by atoms with Gasteiger partial charge in [0.15, 0.2) is 0 Å². The molecule has 0 unspecified atom stereocenters. The molecule has 2 heterocycles. The standard InChI is InChI=1S/C77H51N3S/c1-6-23-55(24-7-1)77(56-25-8-2-9-26-56)71-36-20-18-34-65(71)66-44-40-60(50-72(66)77)79(61-41-45-69-68-35-19-21-37-74(68)81-75(69)51-61)63-47-54(46-62(49-63)78(57-27-10-3-11-28-57)58-29-12-4-13-30-58)53-39-42-67-70-43-38-52-22-16-17-33-64(52)76(70)80(73(67)48-53)59-31-14-5-15-32-59/h1-51H. The zero-order valence-electron chi connectivity index (χ0n) is 44.2. The molecule has 2 aromatic heterocycles. The molecule has 13 aromatic carbocycles. The first-order valence-electron chi connectivity index (χ1n) is 27.8. The van der Waals surface area contributed by atoms with Crippen LogP contribution < -0.4 is 9.80 Å². The van der Waals surface area contributed by atoms with Crippen LogP contribution in [-0.2, 0) is 5.41 Å². The monoisotopic (exact) mass is 1050 g/mol. The third-order valence-electron chi connectivity index (χ3n) is 16.8. The Labute approximate surface area is 474 Å². The summed E-state index contributed by atoms with van der Waals surface area (Å²) in [6, 6.07) is 115. The van der Waals surface area contributed by atoms with Crippen LogP contribution in [0.2, 0.25) is 0 Å². The van der Waals surface area contributed by atoms with Crippen molar-refractivity contribution in [1.29, 1.82) is 0 Å². The van der Waals surface area contributed by atoms with Crippen molar-refractivity contribution in [3.05, 3.63) is 332 Å². The molecule has 81 heavy (non-hydrogen) atoms. The molecular weight excluding hydrogens is 999 g/mol. The predicted molar refractivity (Wildman–Crippen MR) is 343 cm³/mol. The summed E-state index contributed by atoms with van der Waals surface area (Å²) >= 11 is 1.86. The number of fused-ring (bicyclic) bond motifs is 11. The van der Waals surface area contributed by atoms with E-state index in [1.54, 1.807) is 0 Å². The first kappa shape index (κ1) is 46.8. The average Bonchev–Trinajstić information content (AvgIpc) is 4.40. The van der Waals surface area contributed by atoms with Crippen molar-refractivity contribution in [1.82, 2.24) is 4.57 Å². The quantitative estimate of drug-likeness (QED) is 0.135. The van der Waals surface area contributed by atoms with Gasteiger partial charge in [0.25, 0.3) is 0 Å². The fraction of sp³-hybridized carbons (Fsp3) is 0.0130. The second kappa shape index (κ2) is 19.0. The molecule has 0 atom stereocenters. The molecule has 1 aliphatic carbocycles. The summed E-state index contributed by atoms with van der Waals surface area (Å²) in [7, 11) is 0. The number of para-hydroxylation sites is 3. The summed E-state index contributed by atoms with van der Waals surface area (Å²) in [6.07, 6.45) is 0. The molecule has 0 radical (unpaired) electrons. The molecule has 0 spiro atoms. The van der Waals surface area contributed by atoms with Crippen molar-refractivity contribution >= 4 is 98.2 Å². The number of rotatable bonds is 10. The second-order valence-electron chi connectivity index (χ2n) is 21.2. The van der Waals surface area contributed by atoms with E-state index < -0.39 is 5.41 Å². The highest BCUT2D eigenvalue weighted by Gasteiger charge is 2.46. The summed E-state index contributed by atoms with van der Waals surface area (Å²) in [5.41, 5.74) is 19.0. The average molecular weight is 1050 g/mol. The first-order valence-corrected chi connectivity index (χ1v) is 28.6. The lowest BCUT2D eigenvalue weighted by Crippen LogP contribution is -2.28. The Kier molecular flexibility index (Phi) is 11.0. The van der Waals surface area contributed by atoms with Crippen LogP contribution in [0.5, 0.6) is 0 Å². The van der Waals surface area contributed by atoms with Gasteiger partial charge in [0.2, 0.25) is 0 Å². The van der Waals surface area contributed by atoms with Gasteiger partial charge in [0, 0.05) is 76.1 Å². The number of hydrogen-bond acceptors (Lipinski definition) is 3. The van der Waals surface area contributed by atoms with E-state index in [9.17, 15) is 0 Å². The summed E-state index contributed by atoms with van der Waals surface area (Å²) in [6.45, 7) is 0. The van der Waals surface area contributed by atoms with Crippen molar-refractivity contribution in [2.24, 2.45) is 0 Å². The van der Waals surface area contributed by atoms with E-state index in [-0.39, 0.29) is 0 Å². The lowest BCUT2D eigenvalue weighted by Gasteiger charge is -2.35. The van der Waals surface area contributed by atoms with Gasteiger partial charge in [-0.1, -0.05) is 218 Å². The molecule has 3 nitrogen and oxygen atoms in total. The minimum atomic E-state index is -0.589. The summed E-state index contributed by atoms with van der Waals surface area (Å²) in [5, 5.41) is 7.44. The number of anilines is 6. The zero-order chi connectivity index (χ0) is 53.4. The van der Waals surface area contributed by atoms with Gasteiger partial charge in [-0.3, -0.25) is 0 Å². The molecule has 0 N–H and O–H groups in total. The van der Waals surface area contributed by atoms with Crippen molar-refractivity contribution in [2.75, 3.05) is 9.80 Å². The third-order valence-corrected chi connectivity index (χ3v) is 17.9. The van der Waals surface area contributed by atoms with Crippen molar-refractivity contribution in [3.8, 4) is 27.9 Å². The van der Waals surface area contributed by atoms with Crippen LogP contribution in [0.15, 0.2) is 309 Å². The van der Waals surface area contributed by atoms with Crippen LogP contribution in [0.1, 0.15) is 22.3 Å². The first-order chi connectivity index (χ1) is 40.2. The molecule has 0 fully saturated rings. The largest absolute Gasteiger partial charge is 0.310 e. The van der Waals surface area contributed by atoms with Gasteiger partial charge in [-0.2, -0.15) is 0 Å². The Morgan fingerprint density at radius 1 is 0.296 bits per heavy atom. The van der Waals surface area contributed by atoms with E-state index in [2.05, 4.69) is 324 Å². The van der Waals surface area contributed by atoms with E-state index in [0.29, 0.717) is 0 Å². The maximum Gasteiger partial charge on any atom is 0.0714 e. The number of nitrogens with zero attached hydrogens (tertiary/aromatic N) is 3. The Bertz CT molecular complexity index is 4790. The maximum absolute atomic E-state index is 2.51. The molecule has 1 aliphatic rings. The van der Waals surface area contributed by atoms with Crippen LogP contribution in [0.4, 0.5) is 34.1 Å². The Hall–Kier alpha value is -10.3. The number of thiophene rings is 1. The number of hydrogen-bond donors (Lipinski definition) is 0. The molecular formula is C77H51N3S. The van der Waals surface area contributed by atoms with Crippen molar-refractivity contribution in [2.45, 2.75) is 5.41 Å². The molecule has 0 saturated carbocycles. The minimum Gasteiger partial charge on any atom is -0.310 e. The molecule has 0 saturated heterocycles. The van der Waals surface area contributed by atoms with Crippen molar-refractivity contribution < 1.29 is 0 Å². The van der Waals surface area contributed by atoms with Gasteiger partial charge in [-0.15, -0.1) is 11.3 Å². The van der Waals surface area contributed by atoms with Crippen LogP contribution in [0.3, 0.4) is 0 Å². The van der Waals surface area contributed by atoms with E-state index in [1.807, 2.05) is 11.3 Å².